The van der Waals surface area contributed by atoms with Gasteiger partial charge in [0, 0.05) is 48.1 Å². The van der Waals surface area contributed by atoms with Crippen molar-refractivity contribution in [3.63, 3.8) is 0 Å². The van der Waals surface area contributed by atoms with Crippen molar-refractivity contribution in [1.29, 1.82) is 0 Å². The van der Waals surface area contributed by atoms with Crippen LogP contribution in [-0.2, 0) is 32.1 Å². The molecule has 44 heavy (non-hydrogen) atoms. The van der Waals surface area contributed by atoms with Crippen LogP contribution >= 0.6 is 15.9 Å². The molecule has 2 aromatic carbocycles. The molecule has 0 saturated heterocycles. The summed E-state index contributed by atoms with van der Waals surface area (Å²) < 4.78 is 2.55. The third kappa shape index (κ3) is 7.93. The van der Waals surface area contributed by atoms with E-state index in [1.807, 2.05) is 66.7 Å². The Morgan fingerprint density at radius 3 is 2.32 bits per heavy atom. The minimum atomic E-state index is -1.20. The summed E-state index contributed by atoms with van der Waals surface area (Å²) in [7, 11) is 0. The topological polar surface area (TPSA) is 127 Å². The van der Waals surface area contributed by atoms with Crippen molar-refractivity contribution in [2.45, 2.75) is 51.1 Å². The molecule has 2 heterocycles. The summed E-state index contributed by atoms with van der Waals surface area (Å²) in [5.41, 5.74) is 2.47. The number of carbonyl (C=O) groups is 5. The van der Waals surface area contributed by atoms with E-state index in [9.17, 15) is 24.0 Å². The molecular formula is C34H33BrN4O5. The van der Waals surface area contributed by atoms with Crippen molar-refractivity contribution in [2.24, 2.45) is 11.8 Å². The van der Waals surface area contributed by atoms with Gasteiger partial charge >= 0.3 is 0 Å². The molecule has 10 heteroatoms. The van der Waals surface area contributed by atoms with Crippen LogP contribution in [0.1, 0.15) is 53.7 Å². The summed E-state index contributed by atoms with van der Waals surface area (Å²) >= 11 is 3.41. The Bertz CT molecular complexity index is 1670. The molecule has 2 aromatic heterocycles. The van der Waals surface area contributed by atoms with Crippen LogP contribution in [0.15, 0.2) is 89.7 Å². The summed E-state index contributed by atoms with van der Waals surface area (Å²) in [6, 6.07) is 20.9. The van der Waals surface area contributed by atoms with Crippen LogP contribution in [0.5, 0.6) is 0 Å². The number of ketones is 3. The van der Waals surface area contributed by atoms with E-state index in [-0.39, 0.29) is 43.1 Å². The van der Waals surface area contributed by atoms with Gasteiger partial charge in [-0.1, -0.05) is 60.7 Å². The van der Waals surface area contributed by atoms with Gasteiger partial charge in [-0.05, 0) is 64.9 Å². The molecule has 1 fully saturated rings. The maximum Gasteiger partial charge on any atom is 0.289 e. The fraction of sp³-hybridized carbons (Fsp3) is 0.294. The van der Waals surface area contributed by atoms with E-state index in [1.165, 1.54) is 0 Å². The number of fused-ring (bicyclic) bond motifs is 1. The van der Waals surface area contributed by atoms with E-state index < -0.39 is 35.5 Å². The van der Waals surface area contributed by atoms with Gasteiger partial charge in [0.05, 0.1) is 6.04 Å². The van der Waals surface area contributed by atoms with Crippen LogP contribution in [0.4, 0.5) is 0 Å². The predicted molar refractivity (Wildman–Crippen MR) is 168 cm³/mol. The van der Waals surface area contributed by atoms with Crippen molar-refractivity contribution < 1.29 is 24.0 Å². The van der Waals surface area contributed by atoms with Crippen molar-refractivity contribution in [1.82, 2.24) is 20.0 Å². The van der Waals surface area contributed by atoms with Crippen LogP contribution in [0.2, 0.25) is 0 Å². The number of nitrogens with zero attached hydrogens (tertiary/aromatic N) is 2. The number of imidazole rings is 1. The number of rotatable bonds is 13. The lowest BCUT2D eigenvalue weighted by atomic mass is 9.90. The summed E-state index contributed by atoms with van der Waals surface area (Å²) in [5.74, 6) is -3.75. The second-order valence-electron chi connectivity index (χ2n) is 11.1. The lowest BCUT2D eigenvalue weighted by molar-refractivity contribution is -0.141. The SMILES string of the molecule is O=C(NCc1ccccc1)C(=O)[C@H](C[C@@H]1CCCC1=O)NC(=O)[C@@H](CC(=O)c1cn2cc(Br)ccc2n1)Cc1ccccc1. The highest BCUT2D eigenvalue weighted by atomic mass is 79.9. The average molecular weight is 658 g/mol. The van der Waals surface area contributed by atoms with E-state index in [1.54, 1.807) is 22.9 Å². The number of Topliss-reactive ketones (excluding diaryl/α,β-unsaturated/α-hetero) is 3. The van der Waals surface area contributed by atoms with E-state index in [0.717, 1.165) is 15.6 Å². The van der Waals surface area contributed by atoms with Crippen molar-refractivity contribution in [3.8, 4) is 0 Å². The Balaban J connectivity index is 1.35. The van der Waals surface area contributed by atoms with Crippen molar-refractivity contribution in [3.05, 3.63) is 106 Å². The van der Waals surface area contributed by atoms with Crippen molar-refractivity contribution >= 4 is 50.7 Å². The molecule has 0 bridgehead atoms. The summed E-state index contributed by atoms with van der Waals surface area (Å²) in [4.78, 5) is 70.6. The van der Waals surface area contributed by atoms with E-state index >= 15 is 0 Å². The minimum Gasteiger partial charge on any atom is -0.345 e. The van der Waals surface area contributed by atoms with Crippen LogP contribution < -0.4 is 10.6 Å². The molecule has 2 N–H and O–H groups in total. The third-order valence-corrected chi connectivity index (χ3v) is 8.40. The molecule has 4 aromatic rings. The molecular weight excluding hydrogens is 624 g/mol. The van der Waals surface area contributed by atoms with Gasteiger partial charge in [0.2, 0.25) is 11.7 Å². The first-order valence-electron chi connectivity index (χ1n) is 14.7. The summed E-state index contributed by atoms with van der Waals surface area (Å²) in [6.07, 6.45) is 5.25. The second kappa shape index (κ2) is 14.4. The van der Waals surface area contributed by atoms with Crippen LogP contribution in [0, 0.1) is 11.8 Å². The van der Waals surface area contributed by atoms with Crippen LogP contribution in [0.3, 0.4) is 0 Å². The number of nitrogens with one attached hydrogen (secondary N) is 2. The van der Waals surface area contributed by atoms with E-state index in [4.69, 9.17) is 0 Å². The highest BCUT2D eigenvalue weighted by Crippen LogP contribution is 2.26. The lowest BCUT2D eigenvalue weighted by Gasteiger charge is -2.23. The predicted octanol–water partition coefficient (Wildman–Crippen LogP) is 4.66. The molecule has 1 aliphatic carbocycles. The monoisotopic (exact) mass is 656 g/mol. The van der Waals surface area contributed by atoms with Gasteiger partial charge in [-0.3, -0.25) is 24.0 Å². The molecule has 226 valence electrons. The quantitative estimate of drug-likeness (QED) is 0.159. The molecule has 2 amide bonds. The van der Waals surface area contributed by atoms with Gasteiger partial charge in [0.15, 0.2) is 5.78 Å². The number of halogens is 1. The molecule has 0 aliphatic heterocycles. The fourth-order valence-electron chi connectivity index (χ4n) is 5.55. The third-order valence-electron chi connectivity index (χ3n) is 7.93. The van der Waals surface area contributed by atoms with E-state index in [0.29, 0.717) is 24.9 Å². The molecule has 3 atom stereocenters. The van der Waals surface area contributed by atoms with Gasteiger partial charge in [-0.25, -0.2) is 4.98 Å². The normalized spacial score (nSPS) is 15.9. The molecule has 0 spiro atoms. The number of benzene rings is 2. The number of hydrogen-bond acceptors (Lipinski definition) is 6. The Morgan fingerprint density at radius 2 is 1.64 bits per heavy atom. The highest BCUT2D eigenvalue weighted by Gasteiger charge is 2.35. The average Bonchev–Trinajstić information content (AvgIpc) is 3.65. The van der Waals surface area contributed by atoms with Gasteiger partial charge < -0.3 is 15.0 Å². The molecule has 1 aliphatic rings. The first-order chi connectivity index (χ1) is 21.3. The lowest BCUT2D eigenvalue weighted by Crippen LogP contribution is -2.50. The molecule has 5 rings (SSSR count). The molecule has 1 saturated carbocycles. The van der Waals surface area contributed by atoms with E-state index in [2.05, 4.69) is 31.5 Å². The fourth-order valence-corrected chi connectivity index (χ4v) is 5.90. The zero-order valence-electron chi connectivity index (χ0n) is 24.1. The number of pyridine rings is 1. The molecule has 0 unspecified atom stereocenters. The van der Waals surface area contributed by atoms with Crippen molar-refractivity contribution in [2.75, 3.05) is 0 Å². The highest BCUT2D eigenvalue weighted by molar-refractivity contribution is 9.10. The molecule has 9 nitrogen and oxygen atoms in total. The zero-order valence-corrected chi connectivity index (χ0v) is 25.7. The standard InChI is InChI=1S/C34H33BrN4O5/c35-26-14-15-31-37-28(21-39(31)20-26)30(41)18-25(16-22-8-3-1-4-9-22)33(43)38-27(17-24-12-7-13-29(24)40)32(42)34(44)36-19-23-10-5-2-6-11-23/h1-6,8-11,14-15,20-21,24-25,27H,7,12-13,16-19H2,(H,36,44)(H,38,43)/t24-,25+,27-/m0/s1. The Kier molecular flexibility index (Phi) is 10.1. The second-order valence-corrected chi connectivity index (χ2v) is 12.1. The maximum absolute atomic E-state index is 13.8. The molecule has 0 radical (unpaired) electrons. The number of amides is 2. The summed E-state index contributed by atoms with van der Waals surface area (Å²) in [6.45, 7) is 0.148. The first-order valence-corrected chi connectivity index (χ1v) is 15.5. The number of hydrogen-bond donors (Lipinski definition) is 2. The number of aromatic nitrogens is 2. The first kappa shape index (κ1) is 31.0. The largest absolute Gasteiger partial charge is 0.345 e. The minimum absolute atomic E-state index is 0.0243. The van der Waals surface area contributed by atoms with Gasteiger partial charge in [-0.2, -0.15) is 0 Å². The summed E-state index contributed by atoms with van der Waals surface area (Å²) in [5, 5.41) is 5.40. The Labute approximate surface area is 263 Å². The van der Waals surface area contributed by atoms with Gasteiger partial charge in [0.1, 0.15) is 17.1 Å². The Morgan fingerprint density at radius 1 is 0.932 bits per heavy atom. The van der Waals surface area contributed by atoms with Gasteiger partial charge in [-0.15, -0.1) is 0 Å². The number of carbonyl (C=O) groups excluding carboxylic acids is 5. The zero-order chi connectivity index (χ0) is 31.1. The Hall–Kier alpha value is -4.44. The van der Waals surface area contributed by atoms with Crippen LogP contribution in [0.25, 0.3) is 5.65 Å². The smallest absolute Gasteiger partial charge is 0.289 e. The van der Waals surface area contributed by atoms with Crippen LogP contribution in [-0.4, -0.2) is 44.6 Å². The maximum atomic E-state index is 13.8. The van der Waals surface area contributed by atoms with Gasteiger partial charge in [0.25, 0.3) is 5.91 Å².